The lowest BCUT2D eigenvalue weighted by molar-refractivity contribution is 0.0435. The van der Waals surface area contributed by atoms with Crippen LogP contribution in [0.3, 0.4) is 0 Å². The van der Waals surface area contributed by atoms with Gasteiger partial charge in [-0.2, -0.15) is 5.26 Å². The summed E-state index contributed by atoms with van der Waals surface area (Å²) in [5.41, 5.74) is 3.02. The highest BCUT2D eigenvalue weighted by Gasteiger charge is 2.12. The van der Waals surface area contributed by atoms with Gasteiger partial charge < -0.3 is 4.74 Å². The first kappa shape index (κ1) is 10.6. The molecule has 1 aromatic carbocycles. The first-order valence-electron chi connectivity index (χ1n) is 4.64. The molecule has 0 amide bonds. The number of ether oxygens (including phenoxy) is 1. The largest absolute Gasteiger partial charge is 0.444 e. The number of carbonyl (C=O) groups is 1. The average molecular weight is 232 g/mol. The Morgan fingerprint density at radius 1 is 1.62 bits per heavy atom. The van der Waals surface area contributed by atoms with Crippen LogP contribution in [0, 0.1) is 11.3 Å². The van der Waals surface area contributed by atoms with Crippen molar-refractivity contribution in [2.24, 2.45) is 0 Å². The van der Waals surface area contributed by atoms with Crippen molar-refractivity contribution in [2.45, 2.75) is 13.0 Å². The number of carbonyl (C=O) groups excluding carboxylic acids is 1. The maximum Gasteiger partial charge on any atom is 0.339 e. The Balaban J connectivity index is 2.26. The van der Waals surface area contributed by atoms with E-state index in [1.165, 1.54) is 18.3 Å². The molecule has 0 unspecified atom stereocenters. The second kappa shape index (κ2) is 4.29. The van der Waals surface area contributed by atoms with Crippen LogP contribution < -0.4 is 0 Å². The topological polar surface area (TPSA) is 63.0 Å². The molecule has 1 heterocycles. The highest BCUT2D eigenvalue weighted by molar-refractivity contribution is 7.16. The second-order valence-corrected chi connectivity index (χ2v) is 4.10. The van der Waals surface area contributed by atoms with E-state index in [4.69, 9.17) is 10.00 Å². The van der Waals surface area contributed by atoms with Gasteiger partial charge in [0.2, 0.25) is 0 Å². The summed E-state index contributed by atoms with van der Waals surface area (Å²) in [6, 6.07) is 6.98. The molecule has 0 aliphatic carbocycles. The highest BCUT2D eigenvalue weighted by Crippen LogP contribution is 2.19. The van der Waals surface area contributed by atoms with E-state index in [0.29, 0.717) is 5.56 Å². The third-order valence-electron chi connectivity index (χ3n) is 2.03. The van der Waals surface area contributed by atoms with E-state index in [9.17, 15) is 4.79 Å². The molecule has 5 heteroatoms. The Labute approximate surface area is 96.1 Å². The van der Waals surface area contributed by atoms with Crippen LogP contribution in [0.1, 0.15) is 17.3 Å². The molecule has 2 rings (SSSR count). The van der Waals surface area contributed by atoms with Crippen molar-refractivity contribution in [1.29, 1.82) is 5.26 Å². The van der Waals surface area contributed by atoms with E-state index < -0.39 is 12.1 Å². The minimum Gasteiger partial charge on any atom is -0.444 e. The quantitative estimate of drug-likeness (QED) is 0.746. The molecular formula is C11H8N2O2S. The molecule has 16 heavy (non-hydrogen) atoms. The van der Waals surface area contributed by atoms with Crippen molar-refractivity contribution in [2.75, 3.05) is 0 Å². The first-order valence-corrected chi connectivity index (χ1v) is 5.52. The van der Waals surface area contributed by atoms with Gasteiger partial charge in [0, 0.05) is 0 Å². The third kappa shape index (κ3) is 2.02. The molecule has 0 bridgehead atoms. The van der Waals surface area contributed by atoms with Crippen LogP contribution in [0.25, 0.3) is 10.2 Å². The van der Waals surface area contributed by atoms with Crippen molar-refractivity contribution in [3.8, 4) is 6.07 Å². The molecule has 0 aliphatic heterocycles. The van der Waals surface area contributed by atoms with E-state index in [2.05, 4.69) is 4.98 Å². The van der Waals surface area contributed by atoms with Crippen molar-refractivity contribution in [3.63, 3.8) is 0 Å². The van der Waals surface area contributed by atoms with Crippen LogP contribution in [0.15, 0.2) is 23.7 Å². The van der Waals surface area contributed by atoms with Crippen LogP contribution in [0.2, 0.25) is 0 Å². The molecule has 2 aromatic rings. The summed E-state index contributed by atoms with van der Waals surface area (Å²) in [4.78, 5) is 15.7. The predicted octanol–water partition coefficient (Wildman–Crippen LogP) is 2.37. The summed E-state index contributed by atoms with van der Waals surface area (Å²) < 4.78 is 5.82. The van der Waals surface area contributed by atoms with Gasteiger partial charge in [0.05, 0.1) is 21.3 Å². The van der Waals surface area contributed by atoms with Gasteiger partial charge in [-0.1, -0.05) is 0 Å². The molecule has 0 radical (unpaired) electrons. The summed E-state index contributed by atoms with van der Waals surface area (Å²) in [6.07, 6.45) is -0.732. The lowest BCUT2D eigenvalue weighted by Gasteiger charge is -2.05. The minimum atomic E-state index is -0.732. The number of nitrogens with zero attached hydrogens (tertiary/aromatic N) is 2. The molecule has 4 nitrogen and oxygen atoms in total. The molecule has 0 aliphatic rings. The maximum atomic E-state index is 11.6. The summed E-state index contributed by atoms with van der Waals surface area (Å²) in [5, 5.41) is 8.53. The number of aromatic nitrogens is 1. The number of fused-ring (bicyclic) bond motifs is 1. The van der Waals surface area contributed by atoms with Crippen LogP contribution in [-0.4, -0.2) is 17.1 Å². The number of esters is 1. The smallest absolute Gasteiger partial charge is 0.339 e. The standard InChI is InChI=1S/C11H8N2O2S/c1-7(5-12)15-11(14)8-2-3-9-10(4-8)16-6-13-9/h2-4,6-7H,1H3/t7-/m0/s1. The number of benzene rings is 1. The monoisotopic (exact) mass is 232 g/mol. The van der Waals surface area contributed by atoms with Gasteiger partial charge in [0.1, 0.15) is 6.07 Å². The Morgan fingerprint density at radius 3 is 3.19 bits per heavy atom. The fraction of sp³-hybridized carbons (Fsp3) is 0.182. The predicted molar refractivity (Wildman–Crippen MR) is 60.1 cm³/mol. The molecule has 0 N–H and O–H groups in total. The number of thiazole rings is 1. The average Bonchev–Trinajstić information content (AvgIpc) is 2.75. The molecule has 0 spiro atoms. The van der Waals surface area contributed by atoms with Crippen molar-refractivity contribution >= 4 is 27.5 Å². The first-order chi connectivity index (χ1) is 7.70. The Bertz CT molecular complexity index is 571. The molecule has 0 saturated carbocycles. The van der Waals surface area contributed by atoms with Gasteiger partial charge in [-0.3, -0.25) is 0 Å². The van der Waals surface area contributed by atoms with Gasteiger partial charge in [-0.15, -0.1) is 11.3 Å². The van der Waals surface area contributed by atoms with E-state index >= 15 is 0 Å². The molecule has 0 saturated heterocycles. The van der Waals surface area contributed by atoms with Gasteiger partial charge in [-0.05, 0) is 25.1 Å². The number of rotatable bonds is 2. The second-order valence-electron chi connectivity index (χ2n) is 3.21. The lowest BCUT2D eigenvalue weighted by Crippen LogP contribution is -2.12. The molecule has 1 aromatic heterocycles. The summed E-state index contributed by atoms with van der Waals surface area (Å²) in [5.74, 6) is -0.482. The molecule has 1 atom stereocenters. The zero-order valence-electron chi connectivity index (χ0n) is 8.51. The minimum absolute atomic E-state index is 0.443. The van der Waals surface area contributed by atoms with Crippen LogP contribution >= 0.6 is 11.3 Å². The van der Waals surface area contributed by atoms with Crippen molar-refractivity contribution in [3.05, 3.63) is 29.3 Å². The SMILES string of the molecule is C[C@@H](C#N)OC(=O)c1ccc2ncsc2c1. The van der Waals surface area contributed by atoms with Gasteiger partial charge in [-0.25, -0.2) is 9.78 Å². The number of hydrogen-bond acceptors (Lipinski definition) is 5. The van der Waals surface area contributed by atoms with Gasteiger partial charge >= 0.3 is 5.97 Å². The Kier molecular flexibility index (Phi) is 2.84. The highest BCUT2D eigenvalue weighted by atomic mass is 32.1. The van der Waals surface area contributed by atoms with E-state index in [-0.39, 0.29) is 0 Å². The summed E-state index contributed by atoms with van der Waals surface area (Å²) in [6.45, 7) is 1.53. The lowest BCUT2D eigenvalue weighted by atomic mass is 10.2. The fourth-order valence-corrected chi connectivity index (χ4v) is 1.95. The Morgan fingerprint density at radius 2 is 2.44 bits per heavy atom. The van der Waals surface area contributed by atoms with Crippen LogP contribution in [0.5, 0.6) is 0 Å². The van der Waals surface area contributed by atoms with E-state index in [1.807, 2.05) is 6.07 Å². The van der Waals surface area contributed by atoms with Crippen LogP contribution in [0.4, 0.5) is 0 Å². The molecular weight excluding hydrogens is 224 g/mol. The molecule has 0 fully saturated rings. The normalized spacial score (nSPS) is 12.0. The summed E-state index contributed by atoms with van der Waals surface area (Å²) >= 11 is 1.46. The van der Waals surface area contributed by atoms with E-state index in [1.54, 1.807) is 23.7 Å². The fourth-order valence-electron chi connectivity index (χ4n) is 1.24. The molecule has 80 valence electrons. The zero-order chi connectivity index (χ0) is 11.5. The van der Waals surface area contributed by atoms with Gasteiger partial charge in [0.15, 0.2) is 6.10 Å². The summed E-state index contributed by atoms with van der Waals surface area (Å²) in [7, 11) is 0. The maximum absolute atomic E-state index is 11.6. The van der Waals surface area contributed by atoms with Gasteiger partial charge in [0.25, 0.3) is 0 Å². The van der Waals surface area contributed by atoms with Crippen molar-refractivity contribution in [1.82, 2.24) is 4.98 Å². The third-order valence-corrected chi connectivity index (χ3v) is 2.82. The zero-order valence-corrected chi connectivity index (χ0v) is 9.32. The number of nitriles is 1. The Hall–Kier alpha value is -1.93. The van der Waals surface area contributed by atoms with Crippen molar-refractivity contribution < 1.29 is 9.53 Å². The number of hydrogen-bond donors (Lipinski definition) is 0. The van der Waals surface area contributed by atoms with E-state index in [0.717, 1.165) is 10.2 Å². The van der Waals surface area contributed by atoms with Crippen LogP contribution in [-0.2, 0) is 4.74 Å².